The summed E-state index contributed by atoms with van der Waals surface area (Å²) in [6.45, 7) is 2.97. The number of benzene rings is 2. The fraction of sp³-hybridized carbons (Fsp3) is 0.222. The molecule has 2 saturated heterocycles. The second kappa shape index (κ2) is 6.58. The minimum atomic E-state index is -3.68. The molecule has 2 aliphatic rings. The molecule has 27 heavy (non-hydrogen) atoms. The summed E-state index contributed by atoms with van der Waals surface area (Å²) >= 11 is 0. The van der Waals surface area contributed by atoms with Crippen LogP contribution in [0.25, 0.3) is 0 Å². The summed E-state index contributed by atoms with van der Waals surface area (Å²) in [6, 6.07) is 11.7. The lowest BCUT2D eigenvalue weighted by Gasteiger charge is -2.09. The van der Waals surface area contributed by atoms with Gasteiger partial charge in [0.05, 0.1) is 9.79 Å². The van der Waals surface area contributed by atoms with Gasteiger partial charge in [0, 0.05) is 37.6 Å². The van der Waals surface area contributed by atoms with E-state index >= 15 is 0 Å². The second-order valence-corrected chi connectivity index (χ2v) is 8.34. The zero-order valence-electron chi connectivity index (χ0n) is 14.4. The highest BCUT2D eigenvalue weighted by Gasteiger charge is 2.25. The van der Waals surface area contributed by atoms with Gasteiger partial charge in [-0.25, -0.2) is 18.0 Å². The number of amides is 4. The third-order valence-corrected chi connectivity index (χ3v) is 6.09. The van der Waals surface area contributed by atoms with Crippen LogP contribution in [-0.4, -0.2) is 56.5 Å². The molecule has 2 aromatic carbocycles. The summed E-state index contributed by atoms with van der Waals surface area (Å²) in [5.41, 5.74) is 1.08. The lowest BCUT2D eigenvalue weighted by molar-refractivity contribution is 0.241. The summed E-state index contributed by atoms with van der Waals surface area (Å²) in [5.74, 6) is 0. The van der Waals surface area contributed by atoms with Crippen LogP contribution in [0.2, 0.25) is 0 Å². The van der Waals surface area contributed by atoms with Crippen LogP contribution in [0, 0.1) is 0 Å². The van der Waals surface area contributed by atoms with Gasteiger partial charge < -0.3 is 20.4 Å². The van der Waals surface area contributed by atoms with Crippen LogP contribution in [0.5, 0.6) is 0 Å². The molecule has 0 unspecified atom stereocenters. The Balaban J connectivity index is 1.46. The van der Waals surface area contributed by atoms with Gasteiger partial charge >= 0.3 is 12.1 Å². The van der Waals surface area contributed by atoms with Crippen molar-refractivity contribution in [3.63, 3.8) is 0 Å². The molecule has 4 rings (SSSR count). The monoisotopic (exact) mass is 386 g/mol. The molecule has 0 radical (unpaired) electrons. The van der Waals surface area contributed by atoms with Crippen molar-refractivity contribution >= 4 is 33.3 Å². The first-order chi connectivity index (χ1) is 12.9. The molecule has 8 nitrogen and oxygen atoms in total. The van der Waals surface area contributed by atoms with Crippen LogP contribution < -0.4 is 10.6 Å². The van der Waals surface area contributed by atoms with Gasteiger partial charge in [0.1, 0.15) is 0 Å². The van der Waals surface area contributed by atoms with Crippen molar-refractivity contribution in [1.82, 2.24) is 9.80 Å². The van der Waals surface area contributed by atoms with E-state index in [-0.39, 0.29) is 21.9 Å². The zero-order chi connectivity index (χ0) is 19.0. The number of urea groups is 2. The van der Waals surface area contributed by atoms with Crippen LogP contribution in [-0.2, 0) is 9.84 Å². The molecule has 140 valence electrons. The van der Waals surface area contributed by atoms with E-state index in [0.29, 0.717) is 11.4 Å². The van der Waals surface area contributed by atoms with E-state index in [0.717, 1.165) is 26.2 Å². The van der Waals surface area contributed by atoms with E-state index < -0.39 is 9.84 Å². The minimum absolute atomic E-state index is 0.133. The molecule has 2 aliphatic heterocycles. The van der Waals surface area contributed by atoms with Gasteiger partial charge in [-0.2, -0.15) is 0 Å². The Morgan fingerprint density at radius 2 is 1.00 bits per heavy atom. The highest BCUT2D eigenvalue weighted by molar-refractivity contribution is 7.91. The van der Waals surface area contributed by atoms with Gasteiger partial charge in [0.2, 0.25) is 9.84 Å². The van der Waals surface area contributed by atoms with E-state index in [1.165, 1.54) is 24.3 Å². The molecular formula is C18H18N4O4S. The fourth-order valence-electron chi connectivity index (χ4n) is 2.48. The molecule has 0 aliphatic carbocycles. The standard InChI is InChI=1S/C18H18N4O4S/c23-17(21-9-10-21)19-13-1-5-15(6-2-13)27(25,26)16-7-3-14(4-8-16)20-18(24)22-11-12-22/h1-8H,9-12H2,(H,19,23)(H,20,24). The van der Waals surface area contributed by atoms with Gasteiger partial charge in [0.25, 0.3) is 0 Å². The molecule has 0 aromatic heterocycles. The second-order valence-electron chi connectivity index (χ2n) is 6.39. The van der Waals surface area contributed by atoms with Crippen LogP contribution >= 0.6 is 0 Å². The van der Waals surface area contributed by atoms with Crippen molar-refractivity contribution in [2.75, 3.05) is 36.8 Å². The quantitative estimate of drug-likeness (QED) is 0.787. The number of nitrogens with one attached hydrogen (secondary N) is 2. The van der Waals surface area contributed by atoms with Crippen LogP contribution in [0.1, 0.15) is 0 Å². The van der Waals surface area contributed by atoms with E-state index in [4.69, 9.17) is 0 Å². The summed E-state index contributed by atoms with van der Waals surface area (Å²) in [7, 11) is -3.68. The lowest BCUT2D eigenvalue weighted by Crippen LogP contribution is -2.18. The molecule has 4 amide bonds. The van der Waals surface area contributed by atoms with E-state index in [2.05, 4.69) is 10.6 Å². The SMILES string of the molecule is O=C(Nc1ccc(S(=O)(=O)c2ccc(NC(=O)N3CC3)cc2)cc1)N1CC1. The van der Waals surface area contributed by atoms with Gasteiger partial charge in [-0.1, -0.05) is 0 Å². The molecule has 2 N–H and O–H groups in total. The first kappa shape index (κ1) is 17.3. The highest BCUT2D eigenvalue weighted by atomic mass is 32.2. The first-order valence-electron chi connectivity index (χ1n) is 8.50. The Morgan fingerprint density at radius 3 is 1.30 bits per heavy atom. The minimum Gasteiger partial charge on any atom is -0.321 e. The molecule has 0 atom stereocenters. The zero-order valence-corrected chi connectivity index (χ0v) is 15.2. The van der Waals surface area contributed by atoms with Gasteiger partial charge in [-0.15, -0.1) is 0 Å². The summed E-state index contributed by atoms with van der Waals surface area (Å²) in [5, 5.41) is 5.42. The summed E-state index contributed by atoms with van der Waals surface area (Å²) in [6.07, 6.45) is 0. The third-order valence-electron chi connectivity index (χ3n) is 4.30. The van der Waals surface area contributed by atoms with E-state index in [1.54, 1.807) is 34.1 Å². The number of hydrogen-bond donors (Lipinski definition) is 2. The Morgan fingerprint density at radius 1 is 0.667 bits per heavy atom. The van der Waals surface area contributed by atoms with Crippen molar-refractivity contribution in [3.8, 4) is 0 Å². The summed E-state index contributed by atoms with van der Waals surface area (Å²) < 4.78 is 25.5. The van der Waals surface area contributed by atoms with Crippen molar-refractivity contribution < 1.29 is 18.0 Å². The molecule has 0 bridgehead atoms. The molecule has 2 heterocycles. The number of sulfone groups is 1. The number of hydrogen-bond acceptors (Lipinski definition) is 4. The van der Waals surface area contributed by atoms with E-state index in [1.807, 2.05) is 0 Å². The maximum atomic E-state index is 12.7. The maximum Gasteiger partial charge on any atom is 0.321 e. The number of anilines is 2. The molecule has 0 saturated carbocycles. The first-order valence-corrected chi connectivity index (χ1v) is 9.99. The Bertz CT molecular complexity index is 904. The average molecular weight is 386 g/mol. The Labute approximate surface area is 156 Å². The number of rotatable bonds is 4. The molecular weight excluding hydrogens is 368 g/mol. The topological polar surface area (TPSA) is 98.4 Å². The predicted molar refractivity (Wildman–Crippen MR) is 99.5 cm³/mol. The van der Waals surface area contributed by atoms with E-state index in [9.17, 15) is 18.0 Å². The van der Waals surface area contributed by atoms with Crippen LogP contribution in [0.15, 0.2) is 58.3 Å². The number of nitrogens with zero attached hydrogens (tertiary/aromatic N) is 2. The van der Waals surface area contributed by atoms with Crippen molar-refractivity contribution in [2.45, 2.75) is 9.79 Å². The molecule has 2 aromatic rings. The normalized spacial score (nSPS) is 15.3. The fourth-order valence-corrected chi connectivity index (χ4v) is 3.74. The average Bonchev–Trinajstić information content (AvgIpc) is 3.55. The van der Waals surface area contributed by atoms with Crippen molar-refractivity contribution in [3.05, 3.63) is 48.5 Å². The van der Waals surface area contributed by atoms with Crippen LogP contribution in [0.3, 0.4) is 0 Å². The summed E-state index contributed by atoms with van der Waals surface area (Å²) in [4.78, 5) is 26.9. The predicted octanol–water partition coefficient (Wildman–Crippen LogP) is 2.21. The highest BCUT2D eigenvalue weighted by Crippen LogP contribution is 2.24. The molecule has 0 spiro atoms. The van der Waals surface area contributed by atoms with Gasteiger partial charge in [-0.3, -0.25) is 0 Å². The van der Waals surface area contributed by atoms with Gasteiger partial charge in [-0.05, 0) is 48.5 Å². The lowest BCUT2D eigenvalue weighted by atomic mass is 10.3. The van der Waals surface area contributed by atoms with Crippen LogP contribution in [0.4, 0.5) is 21.0 Å². The van der Waals surface area contributed by atoms with Crippen molar-refractivity contribution in [2.24, 2.45) is 0 Å². The van der Waals surface area contributed by atoms with Gasteiger partial charge in [0.15, 0.2) is 0 Å². The Kier molecular flexibility index (Phi) is 4.23. The number of carbonyl (C=O) groups excluding carboxylic acids is 2. The third kappa shape index (κ3) is 3.87. The maximum absolute atomic E-state index is 12.7. The molecule has 9 heteroatoms. The van der Waals surface area contributed by atoms with Crippen molar-refractivity contribution in [1.29, 1.82) is 0 Å². The number of carbonyl (C=O) groups is 2. The molecule has 2 fully saturated rings. The largest absolute Gasteiger partial charge is 0.321 e. The Hall–Kier alpha value is -3.07. The smallest absolute Gasteiger partial charge is 0.321 e.